The number of hydrogen-bond acceptors (Lipinski definition) is 4. The van der Waals surface area contributed by atoms with Gasteiger partial charge in [0.25, 0.3) is 11.8 Å². The Morgan fingerprint density at radius 2 is 1.50 bits per heavy atom. The second-order valence-corrected chi connectivity index (χ2v) is 6.34. The van der Waals surface area contributed by atoms with Crippen LogP contribution in [-0.4, -0.2) is 22.6 Å². The molecule has 0 spiro atoms. The fourth-order valence-corrected chi connectivity index (χ4v) is 2.55. The van der Waals surface area contributed by atoms with Crippen LogP contribution in [-0.2, 0) is 0 Å². The SMILES string of the molecule is CC(=O)c1cccc(NC(=O)c2ccnc(C(=O)Nc3ccc(C)cc3)c2)c1. The molecule has 1 heterocycles. The van der Waals surface area contributed by atoms with E-state index in [4.69, 9.17) is 0 Å². The largest absolute Gasteiger partial charge is 0.322 e. The summed E-state index contributed by atoms with van der Waals surface area (Å²) in [5, 5.41) is 5.48. The van der Waals surface area contributed by atoms with E-state index in [1.807, 2.05) is 19.1 Å². The summed E-state index contributed by atoms with van der Waals surface area (Å²) < 4.78 is 0. The minimum absolute atomic E-state index is 0.0879. The molecule has 2 amide bonds. The van der Waals surface area contributed by atoms with Gasteiger partial charge in [-0.05, 0) is 50.2 Å². The Morgan fingerprint density at radius 1 is 0.786 bits per heavy atom. The minimum atomic E-state index is -0.405. The van der Waals surface area contributed by atoms with Crippen molar-refractivity contribution in [3.05, 3.63) is 89.2 Å². The van der Waals surface area contributed by atoms with E-state index in [0.29, 0.717) is 16.9 Å². The molecule has 2 N–H and O–H groups in total. The lowest BCUT2D eigenvalue weighted by Gasteiger charge is -2.08. The normalized spacial score (nSPS) is 10.2. The first kappa shape index (κ1) is 19.0. The van der Waals surface area contributed by atoms with Gasteiger partial charge in [0.05, 0.1) is 0 Å². The van der Waals surface area contributed by atoms with Crippen molar-refractivity contribution < 1.29 is 14.4 Å². The van der Waals surface area contributed by atoms with E-state index in [0.717, 1.165) is 5.56 Å². The van der Waals surface area contributed by atoms with Gasteiger partial charge in [-0.3, -0.25) is 19.4 Å². The number of rotatable bonds is 5. The number of benzene rings is 2. The van der Waals surface area contributed by atoms with Crippen molar-refractivity contribution in [1.82, 2.24) is 4.98 Å². The first-order valence-corrected chi connectivity index (χ1v) is 8.69. The zero-order valence-electron chi connectivity index (χ0n) is 15.5. The number of nitrogens with one attached hydrogen (secondary N) is 2. The van der Waals surface area contributed by atoms with Gasteiger partial charge >= 0.3 is 0 Å². The molecule has 140 valence electrons. The first-order valence-electron chi connectivity index (χ1n) is 8.69. The number of carbonyl (C=O) groups is 3. The molecule has 3 aromatic rings. The smallest absolute Gasteiger partial charge is 0.274 e. The lowest BCUT2D eigenvalue weighted by Crippen LogP contribution is -2.17. The summed E-state index contributed by atoms with van der Waals surface area (Å²) in [5.41, 5.74) is 3.16. The van der Waals surface area contributed by atoms with Crippen molar-refractivity contribution in [2.24, 2.45) is 0 Å². The fraction of sp³-hybridized carbons (Fsp3) is 0.0909. The fourth-order valence-electron chi connectivity index (χ4n) is 2.55. The predicted octanol–water partition coefficient (Wildman–Crippen LogP) is 4.10. The summed E-state index contributed by atoms with van der Waals surface area (Å²) in [5.74, 6) is -0.889. The zero-order chi connectivity index (χ0) is 20.1. The summed E-state index contributed by atoms with van der Waals surface area (Å²) in [6.45, 7) is 3.42. The maximum atomic E-state index is 12.5. The Balaban J connectivity index is 1.74. The number of amides is 2. The minimum Gasteiger partial charge on any atom is -0.322 e. The lowest BCUT2D eigenvalue weighted by atomic mass is 10.1. The van der Waals surface area contributed by atoms with Crippen LogP contribution >= 0.6 is 0 Å². The molecular weight excluding hydrogens is 354 g/mol. The Morgan fingerprint density at radius 3 is 2.21 bits per heavy atom. The molecule has 0 radical (unpaired) electrons. The molecule has 0 saturated carbocycles. The highest BCUT2D eigenvalue weighted by molar-refractivity contribution is 6.08. The van der Waals surface area contributed by atoms with E-state index >= 15 is 0 Å². The highest BCUT2D eigenvalue weighted by atomic mass is 16.2. The number of hydrogen-bond donors (Lipinski definition) is 2. The topological polar surface area (TPSA) is 88.2 Å². The molecule has 0 fully saturated rings. The van der Waals surface area contributed by atoms with Crippen LogP contribution in [0.15, 0.2) is 66.9 Å². The number of aryl methyl sites for hydroxylation is 1. The van der Waals surface area contributed by atoms with Gasteiger partial charge in [-0.25, -0.2) is 0 Å². The van der Waals surface area contributed by atoms with Gasteiger partial charge in [0.1, 0.15) is 5.69 Å². The molecule has 0 saturated heterocycles. The molecule has 0 atom stereocenters. The van der Waals surface area contributed by atoms with Gasteiger partial charge in [-0.2, -0.15) is 0 Å². The lowest BCUT2D eigenvalue weighted by molar-refractivity contribution is 0.100. The number of carbonyl (C=O) groups excluding carboxylic acids is 3. The second-order valence-electron chi connectivity index (χ2n) is 6.34. The van der Waals surface area contributed by atoms with Crippen LogP contribution in [0.3, 0.4) is 0 Å². The van der Waals surface area contributed by atoms with E-state index in [1.54, 1.807) is 36.4 Å². The van der Waals surface area contributed by atoms with Crippen LogP contribution in [0.1, 0.15) is 43.7 Å². The van der Waals surface area contributed by atoms with E-state index < -0.39 is 11.8 Å². The number of anilines is 2. The van der Waals surface area contributed by atoms with Gasteiger partial charge in [-0.15, -0.1) is 0 Å². The summed E-state index contributed by atoms with van der Waals surface area (Å²) in [4.78, 5) is 40.4. The van der Waals surface area contributed by atoms with Crippen molar-refractivity contribution in [3.8, 4) is 0 Å². The van der Waals surface area contributed by atoms with Crippen LogP contribution in [0.2, 0.25) is 0 Å². The van der Waals surface area contributed by atoms with Gasteiger partial charge in [0.2, 0.25) is 0 Å². The van der Waals surface area contributed by atoms with Crippen LogP contribution in [0.25, 0.3) is 0 Å². The molecule has 28 heavy (non-hydrogen) atoms. The number of Topliss-reactive ketones (excluding diaryl/α,β-unsaturated/α-hetero) is 1. The molecule has 2 aromatic carbocycles. The average molecular weight is 373 g/mol. The molecule has 0 bridgehead atoms. The highest BCUT2D eigenvalue weighted by Gasteiger charge is 2.13. The Kier molecular flexibility index (Phi) is 5.60. The number of aromatic nitrogens is 1. The standard InChI is InChI=1S/C22H19N3O3/c1-14-6-8-18(9-7-14)24-22(28)20-13-17(10-11-23-20)21(27)25-19-5-3-4-16(12-19)15(2)26/h3-13H,1-2H3,(H,24,28)(H,25,27). The maximum Gasteiger partial charge on any atom is 0.274 e. The van der Waals surface area contributed by atoms with Crippen molar-refractivity contribution in [1.29, 1.82) is 0 Å². The van der Waals surface area contributed by atoms with Gasteiger partial charge in [0.15, 0.2) is 5.78 Å². The molecule has 0 unspecified atom stereocenters. The third kappa shape index (κ3) is 4.67. The van der Waals surface area contributed by atoms with E-state index in [-0.39, 0.29) is 17.0 Å². The van der Waals surface area contributed by atoms with E-state index in [9.17, 15) is 14.4 Å². The number of ketones is 1. The first-order chi connectivity index (χ1) is 13.4. The Bertz CT molecular complexity index is 1040. The summed E-state index contributed by atoms with van der Waals surface area (Å²) in [6, 6.07) is 17.0. The number of pyridine rings is 1. The molecule has 0 aliphatic heterocycles. The van der Waals surface area contributed by atoms with Gasteiger partial charge in [0, 0.05) is 28.7 Å². The highest BCUT2D eigenvalue weighted by Crippen LogP contribution is 2.14. The van der Waals surface area contributed by atoms with Crippen LogP contribution in [0, 0.1) is 6.92 Å². The Labute approximate surface area is 162 Å². The van der Waals surface area contributed by atoms with Gasteiger partial charge in [-0.1, -0.05) is 29.8 Å². The van der Waals surface area contributed by atoms with Crippen molar-refractivity contribution >= 4 is 29.0 Å². The average Bonchev–Trinajstić information content (AvgIpc) is 2.70. The molecule has 6 heteroatoms. The van der Waals surface area contributed by atoms with Crippen LogP contribution in [0.4, 0.5) is 11.4 Å². The van der Waals surface area contributed by atoms with Crippen molar-refractivity contribution in [2.45, 2.75) is 13.8 Å². The molecule has 6 nitrogen and oxygen atoms in total. The van der Waals surface area contributed by atoms with Crippen molar-refractivity contribution in [3.63, 3.8) is 0 Å². The third-order valence-electron chi connectivity index (χ3n) is 4.09. The summed E-state index contributed by atoms with van der Waals surface area (Å²) in [7, 11) is 0. The second kappa shape index (κ2) is 8.26. The molecule has 1 aromatic heterocycles. The monoisotopic (exact) mass is 373 g/mol. The van der Waals surface area contributed by atoms with Crippen molar-refractivity contribution in [2.75, 3.05) is 10.6 Å². The summed E-state index contributed by atoms with van der Waals surface area (Å²) >= 11 is 0. The molecular formula is C22H19N3O3. The zero-order valence-corrected chi connectivity index (χ0v) is 15.5. The summed E-state index contributed by atoms with van der Waals surface area (Å²) in [6.07, 6.45) is 1.41. The molecule has 0 aliphatic carbocycles. The number of nitrogens with zero attached hydrogens (tertiary/aromatic N) is 1. The maximum absolute atomic E-state index is 12.5. The third-order valence-corrected chi connectivity index (χ3v) is 4.09. The molecule has 0 aliphatic rings. The van der Waals surface area contributed by atoms with E-state index in [1.165, 1.54) is 25.3 Å². The quantitative estimate of drug-likeness (QED) is 0.659. The predicted molar refractivity (Wildman–Crippen MR) is 108 cm³/mol. The van der Waals surface area contributed by atoms with Gasteiger partial charge < -0.3 is 10.6 Å². The molecule has 3 rings (SSSR count). The van der Waals surface area contributed by atoms with E-state index in [2.05, 4.69) is 15.6 Å². The Hall–Kier alpha value is -3.80. The van der Waals surface area contributed by atoms with Crippen LogP contribution in [0.5, 0.6) is 0 Å². The van der Waals surface area contributed by atoms with Crippen LogP contribution < -0.4 is 10.6 Å².